The lowest BCUT2D eigenvalue weighted by Crippen LogP contribution is -2.16. The van der Waals surface area contributed by atoms with Crippen LogP contribution in [0.4, 0.5) is 5.82 Å². The van der Waals surface area contributed by atoms with Gasteiger partial charge in [0.25, 0.3) is 0 Å². The zero-order valence-electron chi connectivity index (χ0n) is 10.8. The summed E-state index contributed by atoms with van der Waals surface area (Å²) in [5, 5.41) is 0. The van der Waals surface area contributed by atoms with Crippen LogP contribution in [0.5, 0.6) is 0 Å². The minimum absolute atomic E-state index is 0.289. The van der Waals surface area contributed by atoms with Crippen molar-refractivity contribution in [2.75, 3.05) is 12.3 Å². The van der Waals surface area contributed by atoms with Crippen molar-refractivity contribution < 1.29 is 4.74 Å². The van der Waals surface area contributed by atoms with E-state index in [1.165, 1.54) is 16.7 Å². The molecule has 1 aromatic heterocycles. The van der Waals surface area contributed by atoms with E-state index < -0.39 is 0 Å². The smallest absolute Gasteiger partial charge is 0.123 e. The summed E-state index contributed by atoms with van der Waals surface area (Å²) in [5.41, 5.74) is 10.7. The molecule has 1 aromatic rings. The number of hydrogen-bond acceptors (Lipinski definition) is 3. The zero-order valence-corrected chi connectivity index (χ0v) is 10.8. The highest BCUT2D eigenvalue weighted by Crippen LogP contribution is 2.30. The number of nitrogens with two attached hydrogens (primary N) is 1. The number of ether oxygens (including phenoxy) is 1. The number of anilines is 1. The molecule has 0 bridgehead atoms. The van der Waals surface area contributed by atoms with Crippen molar-refractivity contribution in [1.82, 2.24) is 4.98 Å². The highest BCUT2D eigenvalue weighted by molar-refractivity contribution is 5.71. The van der Waals surface area contributed by atoms with Crippen LogP contribution in [-0.2, 0) is 11.2 Å². The summed E-state index contributed by atoms with van der Waals surface area (Å²) in [6, 6.07) is 1.95. The van der Waals surface area contributed by atoms with Crippen LogP contribution in [0.25, 0.3) is 5.57 Å². The second kappa shape index (κ2) is 4.88. The van der Waals surface area contributed by atoms with Crippen molar-refractivity contribution in [3.8, 4) is 0 Å². The van der Waals surface area contributed by atoms with Crippen LogP contribution in [0.3, 0.4) is 0 Å². The molecule has 2 heterocycles. The highest BCUT2D eigenvalue weighted by atomic mass is 16.5. The molecule has 1 unspecified atom stereocenters. The lowest BCUT2D eigenvalue weighted by Gasteiger charge is -2.23. The average molecular weight is 232 g/mol. The molecular formula is C14H20N2O. The molecule has 0 saturated heterocycles. The molecule has 0 spiro atoms. The van der Waals surface area contributed by atoms with Crippen LogP contribution >= 0.6 is 0 Å². The van der Waals surface area contributed by atoms with Gasteiger partial charge in [-0.3, -0.25) is 0 Å². The van der Waals surface area contributed by atoms with Crippen molar-refractivity contribution in [1.29, 1.82) is 0 Å². The van der Waals surface area contributed by atoms with E-state index in [9.17, 15) is 0 Å². The Balaban J connectivity index is 2.47. The van der Waals surface area contributed by atoms with E-state index in [1.807, 2.05) is 6.07 Å². The molecule has 0 saturated carbocycles. The van der Waals surface area contributed by atoms with Gasteiger partial charge in [0.1, 0.15) is 5.82 Å². The summed E-state index contributed by atoms with van der Waals surface area (Å²) in [6.45, 7) is 7.03. The maximum absolute atomic E-state index is 5.81. The molecule has 2 rings (SSSR count). The van der Waals surface area contributed by atoms with Gasteiger partial charge in [-0.05, 0) is 43.9 Å². The summed E-state index contributed by atoms with van der Waals surface area (Å²) in [6.07, 6.45) is 4.32. The molecule has 92 valence electrons. The standard InChI is InChI=1S/C14H20N2O/c1-4-12-14(9(2)7-13(15)16-12)11-5-6-17-10(3)8-11/h5,7,10H,4,6,8H2,1-3H3,(H2,15,16). The number of nitrogen functional groups attached to an aromatic ring is 1. The maximum atomic E-state index is 5.81. The Morgan fingerprint density at radius 2 is 2.29 bits per heavy atom. The topological polar surface area (TPSA) is 48.1 Å². The van der Waals surface area contributed by atoms with Crippen molar-refractivity contribution >= 4 is 11.4 Å². The summed E-state index contributed by atoms with van der Waals surface area (Å²) in [7, 11) is 0. The molecule has 0 radical (unpaired) electrons. The molecule has 0 aromatic carbocycles. The Kier molecular flexibility index (Phi) is 3.48. The zero-order chi connectivity index (χ0) is 12.4. The van der Waals surface area contributed by atoms with Gasteiger partial charge in [-0.25, -0.2) is 4.98 Å². The molecule has 1 aliphatic heterocycles. The second-order valence-electron chi connectivity index (χ2n) is 4.62. The van der Waals surface area contributed by atoms with E-state index in [0.717, 1.165) is 18.5 Å². The monoisotopic (exact) mass is 232 g/mol. The highest BCUT2D eigenvalue weighted by Gasteiger charge is 2.17. The van der Waals surface area contributed by atoms with Gasteiger partial charge < -0.3 is 10.5 Å². The van der Waals surface area contributed by atoms with Gasteiger partial charge in [-0.1, -0.05) is 13.0 Å². The molecule has 2 N–H and O–H groups in total. The molecule has 0 amide bonds. The molecule has 3 nitrogen and oxygen atoms in total. The summed E-state index contributed by atoms with van der Waals surface area (Å²) < 4.78 is 5.55. The fraction of sp³-hybridized carbons (Fsp3) is 0.500. The van der Waals surface area contributed by atoms with Gasteiger partial charge in [0.2, 0.25) is 0 Å². The van der Waals surface area contributed by atoms with E-state index in [1.54, 1.807) is 0 Å². The summed E-state index contributed by atoms with van der Waals surface area (Å²) >= 11 is 0. The minimum Gasteiger partial charge on any atom is -0.384 e. The third-order valence-electron chi connectivity index (χ3n) is 3.19. The average Bonchev–Trinajstić information content (AvgIpc) is 2.27. The van der Waals surface area contributed by atoms with Gasteiger partial charge in [0.05, 0.1) is 18.4 Å². The largest absolute Gasteiger partial charge is 0.384 e. The fourth-order valence-corrected chi connectivity index (χ4v) is 2.43. The van der Waals surface area contributed by atoms with Crippen molar-refractivity contribution in [2.45, 2.75) is 39.7 Å². The molecule has 1 aliphatic rings. The van der Waals surface area contributed by atoms with Crippen LogP contribution < -0.4 is 5.73 Å². The quantitative estimate of drug-likeness (QED) is 0.853. The van der Waals surface area contributed by atoms with E-state index in [-0.39, 0.29) is 6.10 Å². The first-order valence-corrected chi connectivity index (χ1v) is 6.18. The summed E-state index contributed by atoms with van der Waals surface area (Å²) in [5.74, 6) is 0.615. The number of aryl methyl sites for hydroxylation is 2. The lowest BCUT2D eigenvalue weighted by molar-refractivity contribution is 0.0850. The van der Waals surface area contributed by atoms with Gasteiger partial charge >= 0.3 is 0 Å². The lowest BCUT2D eigenvalue weighted by atomic mass is 9.92. The third kappa shape index (κ3) is 2.50. The van der Waals surface area contributed by atoms with Crippen LogP contribution in [0.2, 0.25) is 0 Å². The minimum atomic E-state index is 0.289. The number of aromatic nitrogens is 1. The number of rotatable bonds is 2. The van der Waals surface area contributed by atoms with E-state index >= 15 is 0 Å². The second-order valence-corrected chi connectivity index (χ2v) is 4.62. The fourth-order valence-electron chi connectivity index (χ4n) is 2.43. The Labute approximate surface area is 103 Å². The Bertz CT molecular complexity index is 452. The van der Waals surface area contributed by atoms with Gasteiger partial charge in [-0.2, -0.15) is 0 Å². The predicted molar refractivity (Wildman–Crippen MR) is 70.8 cm³/mol. The Morgan fingerprint density at radius 1 is 1.53 bits per heavy atom. The molecular weight excluding hydrogens is 212 g/mol. The van der Waals surface area contributed by atoms with Crippen LogP contribution in [0.15, 0.2) is 12.1 Å². The number of pyridine rings is 1. The van der Waals surface area contributed by atoms with Gasteiger partial charge in [0.15, 0.2) is 0 Å². The first kappa shape index (κ1) is 12.1. The van der Waals surface area contributed by atoms with Gasteiger partial charge in [0, 0.05) is 5.56 Å². The molecule has 17 heavy (non-hydrogen) atoms. The normalized spacial score (nSPS) is 20.2. The van der Waals surface area contributed by atoms with E-state index in [4.69, 9.17) is 10.5 Å². The van der Waals surface area contributed by atoms with Gasteiger partial charge in [-0.15, -0.1) is 0 Å². The van der Waals surface area contributed by atoms with E-state index in [0.29, 0.717) is 12.4 Å². The van der Waals surface area contributed by atoms with Crippen molar-refractivity contribution in [3.63, 3.8) is 0 Å². The predicted octanol–water partition coefficient (Wildman–Crippen LogP) is 2.73. The first-order valence-electron chi connectivity index (χ1n) is 6.18. The SMILES string of the molecule is CCc1nc(N)cc(C)c1C1=CCOC(C)C1. The summed E-state index contributed by atoms with van der Waals surface area (Å²) in [4.78, 5) is 4.45. The first-order chi connectivity index (χ1) is 8.11. The van der Waals surface area contributed by atoms with Crippen molar-refractivity contribution in [3.05, 3.63) is 29.0 Å². The van der Waals surface area contributed by atoms with Crippen molar-refractivity contribution in [2.24, 2.45) is 0 Å². The molecule has 0 aliphatic carbocycles. The third-order valence-corrected chi connectivity index (χ3v) is 3.19. The number of nitrogens with zero attached hydrogens (tertiary/aromatic N) is 1. The number of hydrogen-bond donors (Lipinski definition) is 1. The molecule has 1 atom stereocenters. The van der Waals surface area contributed by atoms with E-state index in [2.05, 4.69) is 31.8 Å². The maximum Gasteiger partial charge on any atom is 0.123 e. The molecule has 0 fully saturated rings. The van der Waals surface area contributed by atoms with Crippen LogP contribution in [0, 0.1) is 6.92 Å². The Morgan fingerprint density at radius 3 is 2.94 bits per heavy atom. The molecule has 3 heteroatoms. The van der Waals surface area contributed by atoms with Crippen LogP contribution in [0.1, 0.15) is 37.1 Å². The van der Waals surface area contributed by atoms with Crippen LogP contribution in [-0.4, -0.2) is 17.7 Å². The Hall–Kier alpha value is -1.35.